The van der Waals surface area contributed by atoms with Crippen molar-refractivity contribution in [2.45, 2.75) is 50.8 Å². The highest BCUT2D eigenvalue weighted by Gasteiger charge is 2.28. The highest BCUT2D eigenvalue weighted by molar-refractivity contribution is 5.71. The summed E-state index contributed by atoms with van der Waals surface area (Å²) in [5.74, 6) is 1.14. The third-order valence-corrected chi connectivity index (χ3v) is 4.99. The zero-order chi connectivity index (χ0) is 14.9. The van der Waals surface area contributed by atoms with Crippen LogP contribution in [0.5, 0.6) is 0 Å². The number of hydrogen-bond donors (Lipinski definition) is 0. The lowest BCUT2D eigenvalue weighted by atomic mass is 10.1. The van der Waals surface area contributed by atoms with E-state index in [1.54, 1.807) is 0 Å². The molecule has 2 aromatic heterocycles. The maximum atomic E-state index is 5.94. The summed E-state index contributed by atoms with van der Waals surface area (Å²) < 4.78 is 8.30. The number of imidazole rings is 1. The first-order chi connectivity index (χ1) is 10.8. The largest absolute Gasteiger partial charge is 0.378 e. The van der Waals surface area contributed by atoms with Gasteiger partial charge in [-0.2, -0.15) is 0 Å². The van der Waals surface area contributed by atoms with Crippen molar-refractivity contribution in [3.05, 3.63) is 24.2 Å². The number of rotatable bonds is 3. The fourth-order valence-electron chi connectivity index (χ4n) is 3.82. The average molecular weight is 300 g/mol. The molecule has 2 saturated heterocycles. The van der Waals surface area contributed by atoms with E-state index < -0.39 is 0 Å². The van der Waals surface area contributed by atoms with Gasteiger partial charge in [0.1, 0.15) is 11.3 Å². The van der Waals surface area contributed by atoms with E-state index in [1.165, 1.54) is 25.7 Å². The van der Waals surface area contributed by atoms with E-state index in [9.17, 15) is 0 Å². The second-order valence-corrected chi connectivity index (χ2v) is 6.54. The summed E-state index contributed by atoms with van der Waals surface area (Å²) in [6.07, 6.45) is 9.51. The second kappa shape index (κ2) is 5.97. The molecule has 2 unspecified atom stereocenters. The Kier molecular flexibility index (Phi) is 3.84. The van der Waals surface area contributed by atoms with Gasteiger partial charge in [0, 0.05) is 19.2 Å². The number of hydrogen-bond acceptors (Lipinski definition) is 4. The van der Waals surface area contributed by atoms with Crippen molar-refractivity contribution in [3.63, 3.8) is 0 Å². The predicted molar refractivity (Wildman–Crippen MR) is 85.7 cm³/mol. The van der Waals surface area contributed by atoms with Crippen molar-refractivity contribution in [1.82, 2.24) is 19.4 Å². The van der Waals surface area contributed by atoms with Crippen LogP contribution in [0.25, 0.3) is 11.2 Å². The third-order valence-electron chi connectivity index (χ3n) is 4.99. The molecule has 5 nitrogen and oxygen atoms in total. The van der Waals surface area contributed by atoms with Crippen molar-refractivity contribution in [1.29, 1.82) is 0 Å². The van der Waals surface area contributed by atoms with Gasteiger partial charge in [0.2, 0.25) is 0 Å². The molecule has 118 valence electrons. The van der Waals surface area contributed by atoms with E-state index in [0.717, 1.165) is 43.0 Å². The summed E-state index contributed by atoms with van der Waals surface area (Å²) in [7, 11) is 2.20. The standard InChI is InChI=1S/C17H24N4O/c1-20-10-5-8-16(20)21-15(12-13-6-2-3-11-22-13)19-14-7-4-9-18-17(14)21/h4,7,9,13,16H,2-3,5-6,8,10-12H2,1H3. The van der Waals surface area contributed by atoms with Crippen molar-refractivity contribution >= 4 is 11.2 Å². The van der Waals surface area contributed by atoms with Crippen LogP contribution in [0.2, 0.25) is 0 Å². The number of likely N-dealkylation sites (tertiary alicyclic amines) is 1. The first-order valence-corrected chi connectivity index (χ1v) is 8.46. The van der Waals surface area contributed by atoms with Crippen LogP contribution in [0.15, 0.2) is 18.3 Å². The first-order valence-electron chi connectivity index (χ1n) is 8.46. The lowest BCUT2D eigenvalue weighted by Crippen LogP contribution is -2.28. The number of fused-ring (bicyclic) bond motifs is 1. The topological polar surface area (TPSA) is 43.2 Å². The van der Waals surface area contributed by atoms with Crippen LogP contribution in [0.1, 0.15) is 44.1 Å². The van der Waals surface area contributed by atoms with Crippen LogP contribution in [0.4, 0.5) is 0 Å². The maximum absolute atomic E-state index is 5.94. The van der Waals surface area contributed by atoms with Crippen molar-refractivity contribution in [2.24, 2.45) is 0 Å². The van der Waals surface area contributed by atoms with Gasteiger partial charge in [-0.15, -0.1) is 0 Å². The summed E-state index contributed by atoms with van der Waals surface area (Å²) in [6, 6.07) is 4.04. The SMILES string of the molecule is CN1CCCC1n1c(CC2CCCCO2)nc2cccnc21. The van der Waals surface area contributed by atoms with E-state index in [1.807, 2.05) is 12.3 Å². The van der Waals surface area contributed by atoms with E-state index in [-0.39, 0.29) is 0 Å². The smallest absolute Gasteiger partial charge is 0.161 e. The molecule has 22 heavy (non-hydrogen) atoms. The molecule has 0 aliphatic carbocycles. The van der Waals surface area contributed by atoms with Crippen molar-refractivity contribution in [3.8, 4) is 0 Å². The van der Waals surface area contributed by atoms with Gasteiger partial charge in [0.05, 0.1) is 12.3 Å². The van der Waals surface area contributed by atoms with E-state index in [2.05, 4.69) is 27.6 Å². The molecule has 2 aliphatic heterocycles. The number of nitrogens with zero attached hydrogens (tertiary/aromatic N) is 4. The number of ether oxygens (including phenoxy) is 1. The molecule has 0 spiro atoms. The minimum absolute atomic E-state index is 0.316. The lowest BCUT2D eigenvalue weighted by Gasteiger charge is -2.26. The van der Waals surface area contributed by atoms with Crippen molar-refractivity contribution in [2.75, 3.05) is 20.2 Å². The van der Waals surface area contributed by atoms with Gasteiger partial charge >= 0.3 is 0 Å². The fourth-order valence-corrected chi connectivity index (χ4v) is 3.82. The number of pyridine rings is 1. The molecule has 2 atom stereocenters. The first kappa shape index (κ1) is 14.2. The monoisotopic (exact) mass is 300 g/mol. The van der Waals surface area contributed by atoms with Crippen LogP contribution in [0, 0.1) is 0 Å². The minimum atomic E-state index is 0.316. The molecule has 2 fully saturated rings. The lowest BCUT2D eigenvalue weighted by molar-refractivity contribution is 0.0146. The Labute approximate surface area is 131 Å². The van der Waals surface area contributed by atoms with E-state index in [4.69, 9.17) is 9.72 Å². The minimum Gasteiger partial charge on any atom is -0.378 e. The Morgan fingerprint density at radius 3 is 3.00 bits per heavy atom. The van der Waals surface area contributed by atoms with Crippen LogP contribution >= 0.6 is 0 Å². The van der Waals surface area contributed by atoms with Gasteiger partial charge in [-0.05, 0) is 57.8 Å². The van der Waals surface area contributed by atoms with Gasteiger partial charge in [0.15, 0.2) is 5.65 Å². The molecule has 5 heteroatoms. The Bertz CT molecular complexity index is 647. The molecular formula is C17H24N4O. The van der Waals surface area contributed by atoms with Gasteiger partial charge in [-0.25, -0.2) is 9.97 Å². The van der Waals surface area contributed by atoms with Crippen LogP contribution in [0.3, 0.4) is 0 Å². The molecule has 2 aromatic rings. The predicted octanol–water partition coefficient (Wildman–Crippen LogP) is 2.77. The van der Waals surface area contributed by atoms with E-state index >= 15 is 0 Å². The molecule has 0 aromatic carbocycles. The second-order valence-electron chi connectivity index (χ2n) is 6.54. The average Bonchev–Trinajstić information content (AvgIpc) is 3.11. The Morgan fingerprint density at radius 2 is 2.23 bits per heavy atom. The summed E-state index contributed by atoms with van der Waals surface area (Å²) in [5.41, 5.74) is 2.03. The molecule has 0 saturated carbocycles. The normalized spacial score (nSPS) is 26.8. The summed E-state index contributed by atoms with van der Waals surface area (Å²) in [6.45, 7) is 2.04. The van der Waals surface area contributed by atoms with Crippen molar-refractivity contribution < 1.29 is 4.74 Å². The Morgan fingerprint density at radius 1 is 1.27 bits per heavy atom. The van der Waals surface area contributed by atoms with Crippen LogP contribution < -0.4 is 0 Å². The highest BCUT2D eigenvalue weighted by Crippen LogP contribution is 2.31. The van der Waals surface area contributed by atoms with Gasteiger partial charge in [0.25, 0.3) is 0 Å². The molecule has 4 heterocycles. The summed E-state index contributed by atoms with van der Waals surface area (Å²) >= 11 is 0. The molecule has 2 aliphatic rings. The Hall–Kier alpha value is -1.46. The molecule has 0 radical (unpaired) electrons. The highest BCUT2D eigenvalue weighted by atomic mass is 16.5. The summed E-state index contributed by atoms with van der Waals surface area (Å²) in [5, 5.41) is 0. The zero-order valence-corrected chi connectivity index (χ0v) is 13.2. The van der Waals surface area contributed by atoms with Crippen LogP contribution in [-0.2, 0) is 11.2 Å². The van der Waals surface area contributed by atoms with Gasteiger partial charge in [-0.1, -0.05) is 0 Å². The molecule has 0 bridgehead atoms. The molecule has 4 rings (SSSR count). The third kappa shape index (κ3) is 2.52. The Balaban J connectivity index is 1.72. The van der Waals surface area contributed by atoms with Gasteiger partial charge < -0.3 is 4.74 Å². The quantitative estimate of drug-likeness (QED) is 0.874. The summed E-state index contributed by atoms with van der Waals surface area (Å²) in [4.78, 5) is 11.9. The molecular weight excluding hydrogens is 276 g/mol. The number of aromatic nitrogens is 3. The van der Waals surface area contributed by atoms with Crippen LogP contribution in [-0.4, -0.2) is 45.7 Å². The van der Waals surface area contributed by atoms with Gasteiger partial charge in [-0.3, -0.25) is 9.47 Å². The van der Waals surface area contributed by atoms with E-state index in [0.29, 0.717) is 12.3 Å². The fraction of sp³-hybridized carbons (Fsp3) is 0.647. The molecule has 0 N–H and O–H groups in total. The maximum Gasteiger partial charge on any atom is 0.161 e. The molecule has 0 amide bonds. The zero-order valence-electron chi connectivity index (χ0n) is 13.2.